The van der Waals surface area contributed by atoms with E-state index in [9.17, 15) is 9.59 Å². The Balaban J connectivity index is 1.46. The molecule has 2 aromatic rings. The van der Waals surface area contributed by atoms with E-state index in [2.05, 4.69) is 5.32 Å². The summed E-state index contributed by atoms with van der Waals surface area (Å²) in [6, 6.07) is 5.71. The van der Waals surface area contributed by atoms with Crippen LogP contribution in [0.15, 0.2) is 23.1 Å². The maximum atomic E-state index is 12.7. The number of ether oxygens (including phenoxy) is 2. The number of primary amides is 1. The van der Waals surface area contributed by atoms with Crippen LogP contribution in [0.4, 0.5) is 5.00 Å². The first-order valence-corrected chi connectivity index (χ1v) is 11.0. The van der Waals surface area contributed by atoms with Crippen LogP contribution in [0.1, 0.15) is 40.6 Å². The molecule has 0 saturated heterocycles. The van der Waals surface area contributed by atoms with Gasteiger partial charge in [0.05, 0.1) is 24.0 Å². The molecule has 4 rings (SSSR count). The van der Waals surface area contributed by atoms with Gasteiger partial charge in [-0.1, -0.05) is 0 Å². The van der Waals surface area contributed by atoms with E-state index < -0.39 is 5.91 Å². The van der Waals surface area contributed by atoms with E-state index in [1.54, 1.807) is 0 Å². The number of benzene rings is 1. The first-order valence-electron chi connectivity index (χ1n) is 9.34. The van der Waals surface area contributed by atoms with Crippen LogP contribution in [0.25, 0.3) is 0 Å². The molecule has 3 N–H and O–H groups in total. The Labute approximate surface area is 171 Å². The number of carbonyl (C=O) groups excluding carboxylic acids is 2. The van der Waals surface area contributed by atoms with Crippen molar-refractivity contribution in [2.45, 2.75) is 42.8 Å². The summed E-state index contributed by atoms with van der Waals surface area (Å²) in [4.78, 5) is 26.7. The molecule has 1 aliphatic heterocycles. The standard InChI is InChI=1S/C20H22N2O4S2/c1-11(27-12-6-7-14-15(10-12)26-9-3-8-25-14)19(24)22-20-17(18(21)23)13-4-2-5-16(13)28-20/h6-7,10-11H,2-5,8-9H2,1H3,(H2,21,23)(H,22,24)/t11-/m1/s1. The first kappa shape index (κ1) is 19.1. The average molecular weight is 419 g/mol. The maximum absolute atomic E-state index is 12.7. The van der Waals surface area contributed by atoms with Crippen molar-refractivity contribution in [2.75, 3.05) is 18.5 Å². The van der Waals surface area contributed by atoms with Gasteiger partial charge in [0.2, 0.25) is 5.91 Å². The minimum atomic E-state index is -0.474. The second-order valence-corrected chi connectivity index (χ2v) is 9.35. The van der Waals surface area contributed by atoms with Crippen molar-refractivity contribution in [1.82, 2.24) is 0 Å². The number of hydrogen-bond acceptors (Lipinski definition) is 6. The van der Waals surface area contributed by atoms with Gasteiger partial charge in [-0.15, -0.1) is 23.1 Å². The van der Waals surface area contributed by atoms with E-state index in [0.29, 0.717) is 29.5 Å². The minimum absolute atomic E-state index is 0.153. The van der Waals surface area contributed by atoms with Crippen LogP contribution in [-0.2, 0) is 17.6 Å². The molecule has 1 aromatic heterocycles. The van der Waals surface area contributed by atoms with E-state index in [-0.39, 0.29) is 11.2 Å². The van der Waals surface area contributed by atoms with Gasteiger partial charge in [0.25, 0.3) is 5.91 Å². The van der Waals surface area contributed by atoms with Gasteiger partial charge in [-0.25, -0.2) is 0 Å². The molecular weight excluding hydrogens is 396 g/mol. The number of carbonyl (C=O) groups is 2. The Hall–Kier alpha value is -2.19. The third-order valence-corrected chi connectivity index (χ3v) is 7.11. The smallest absolute Gasteiger partial charge is 0.251 e. The summed E-state index contributed by atoms with van der Waals surface area (Å²) in [5.41, 5.74) is 7.07. The van der Waals surface area contributed by atoms with Crippen molar-refractivity contribution in [2.24, 2.45) is 5.73 Å². The number of hydrogen-bond donors (Lipinski definition) is 2. The summed E-state index contributed by atoms with van der Waals surface area (Å²) in [5, 5.41) is 3.15. The zero-order chi connectivity index (χ0) is 19.7. The van der Waals surface area contributed by atoms with Crippen LogP contribution in [0.2, 0.25) is 0 Å². The fraction of sp³-hybridized carbons (Fsp3) is 0.400. The summed E-state index contributed by atoms with van der Waals surface area (Å²) < 4.78 is 11.4. The monoisotopic (exact) mass is 418 g/mol. The van der Waals surface area contributed by atoms with E-state index in [4.69, 9.17) is 15.2 Å². The number of aryl methyl sites for hydroxylation is 1. The number of fused-ring (bicyclic) bond motifs is 2. The molecule has 0 saturated carbocycles. The second kappa shape index (κ2) is 8.05. The summed E-state index contributed by atoms with van der Waals surface area (Å²) >= 11 is 2.91. The SMILES string of the molecule is C[C@@H](Sc1ccc2c(c1)OCCCO2)C(=O)Nc1sc2c(c1C(N)=O)CCC2. The second-order valence-electron chi connectivity index (χ2n) is 6.83. The zero-order valence-electron chi connectivity index (χ0n) is 15.6. The molecule has 1 aliphatic carbocycles. The molecule has 2 aliphatic rings. The Kier molecular flexibility index (Phi) is 5.50. The molecule has 2 heterocycles. The molecule has 0 fully saturated rings. The van der Waals surface area contributed by atoms with Crippen molar-refractivity contribution in [3.05, 3.63) is 34.2 Å². The topological polar surface area (TPSA) is 90.7 Å². The molecule has 0 bridgehead atoms. The van der Waals surface area contributed by atoms with Gasteiger partial charge < -0.3 is 20.5 Å². The van der Waals surface area contributed by atoms with Crippen LogP contribution in [0.3, 0.4) is 0 Å². The Morgan fingerprint density at radius 3 is 2.75 bits per heavy atom. The van der Waals surface area contributed by atoms with Crippen molar-refractivity contribution >= 4 is 39.9 Å². The molecule has 1 aromatic carbocycles. The molecular formula is C20H22N2O4S2. The van der Waals surface area contributed by atoms with Crippen molar-refractivity contribution in [3.63, 3.8) is 0 Å². The highest BCUT2D eigenvalue weighted by atomic mass is 32.2. The van der Waals surface area contributed by atoms with Crippen molar-refractivity contribution in [1.29, 1.82) is 0 Å². The van der Waals surface area contributed by atoms with E-state index >= 15 is 0 Å². The number of thioether (sulfide) groups is 1. The third kappa shape index (κ3) is 3.84. The molecule has 0 spiro atoms. The Morgan fingerprint density at radius 1 is 1.18 bits per heavy atom. The van der Waals surface area contributed by atoms with Crippen LogP contribution >= 0.6 is 23.1 Å². The highest BCUT2D eigenvalue weighted by molar-refractivity contribution is 8.00. The van der Waals surface area contributed by atoms with Gasteiger partial charge in [-0.3, -0.25) is 9.59 Å². The van der Waals surface area contributed by atoms with E-state index in [1.165, 1.54) is 23.1 Å². The zero-order valence-corrected chi connectivity index (χ0v) is 17.2. The summed E-state index contributed by atoms with van der Waals surface area (Å²) in [6.45, 7) is 3.11. The van der Waals surface area contributed by atoms with Crippen molar-refractivity contribution in [3.8, 4) is 11.5 Å². The summed E-state index contributed by atoms with van der Waals surface area (Å²) in [7, 11) is 0. The lowest BCUT2D eigenvalue weighted by Gasteiger charge is -2.14. The predicted molar refractivity (Wildman–Crippen MR) is 111 cm³/mol. The van der Waals surface area contributed by atoms with Gasteiger partial charge in [-0.2, -0.15) is 0 Å². The fourth-order valence-corrected chi connectivity index (χ4v) is 5.63. The lowest BCUT2D eigenvalue weighted by molar-refractivity contribution is -0.115. The van der Waals surface area contributed by atoms with E-state index in [0.717, 1.165) is 46.8 Å². The molecule has 8 heteroatoms. The van der Waals surface area contributed by atoms with Gasteiger partial charge in [0.1, 0.15) is 5.00 Å². The summed E-state index contributed by atoms with van der Waals surface area (Å²) in [5.74, 6) is 0.816. The normalized spacial score (nSPS) is 16.2. The highest BCUT2D eigenvalue weighted by Crippen LogP contribution is 2.40. The molecule has 2 amide bonds. The molecule has 1 atom stereocenters. The number of nitrogens with one attached hydrogen (secondary N) is 1. The number of anilines is 1. The summed E-state index contributed by atoms with van der Waals surface area (Å²) in [6.07, 6.45) is 3.67. The van der Waals surface area contributed by atoms with Crippen LogP contribution < -0.4 is 20.5 Å². The predicted octanol–water partition coefficient (Wildman–Crippen LogP) is 3.62. The van der Waals surface area contributed by atoms with Crippen molar-refractivity contribution < 1.29 is 19.1 Å². The minimum Gasteiger partial charge on any atom is -0.490 e. The number of nitrogens with two attached hydrogens (primary N) is 1. The van der Waals surface area contributed by atoms with Gasteiger partial charge in [-0.05, 0) is 49.9 Å². The Bertz CT molecular complexity index is 925. The number of thiophene rings is 1. The van der Waals surface area contributed by atoms with Gasteiger partial charge in [0.15, 0.2) is 11.5 Å². The molecule has 0 radical (unpaired) electrons. The largest absolute Gasteiger partial charge is 0.490 e. The lowest BCUT2D eigenvalue weighted by atomic mass is 10.1. The first-order chi connectivity index (χ1) is 13.5. The number of rotatable bonds is 5. The fourth-order valence-electron chi connectivity index (χ4n) is 3.44. The molecule has 6 nitrogen and oxygen atoms in total. The maximum Gasteiger partial charge on any atom is 0.251 e. The lowest BCUT2D eigenvalue weighted by Crippen LogP contribution is -2.24. The third-order valence-electron chi connectivity index (χ3n) is 4.81. The van der Waals surface area contributed by atoms with Crippen LogP contribution in [0, 0.1) is 0 Å². The molecule has 148 valence electrons. The molecule has 0 unspecified atom stereocenters. The Morgan fingerprint density at radius 2 is 1.96 bits per heavy atom. The van der Waals surface area contributed by atoms with Crippen LogP contribution in [-0.4, -0.2) is 30.3 Å². The molecule has 28 heavy (non-hydrogen) atoms. The van der Waals surface area contributed by atoms with Gasteiger partial charge >= 0.3 is 0 Å². The quantitative estimate of drug-likeness (QED) is 0.724. The van der Waals surface area contributed by atoms with E-state index in [1.807, 2.05) is 25.1 Å². The highest BCUT2D eigenvalue weighted by Gasteiger charge is 2.27. The average Bonchev–Trinajstić information content (AvgIpc) is 3.14. The van der Waals surface area contributed by atoms with Crippen LogP contribution in [0.5, 0.6) is 11.5 Å². The van der Waals surface area contributed by atoms with Gasteiger partial charge in [0, 0.05) is 16.2 Å². The number of amides is 2.